The zero-order valence-corrected chi connectivity index (χ0v) is 16.9. The second-order valence-electron chi connectivity index (χ2n) is 7.59. The van der Waals surface area contributed by atoms with E-state index in [1.807, 2.05) is 66.7 Å². The summed E-state index contributed by atoms with van der Waals surface area (Å²) in [4.78, 5) is 2.17. The van der Waals surface area contributed by atoms with Gasteiger partial charge in [-0.1, -0.05) is 91.0 Å². The van der Waals surface area contributed by atoms with Gasteiger partial charge in [0, 0.05) is 13.1 Å². The summed E-state index contributed by atoms with van der Waals surface area (Å²) in [6, 6.07) is 32.6. The molecule has 0 aliphatic carbocycles. The van der Waals surface area contributed by atoms with E-state index in [1.54, 1.807) is 0 Å². The van der Waals surface area contributed by atoms with Gasteiger partial charge in [0.1, 0.15) is 12.1 Å². The van der Waals surface area contributed by atoms with Gasteiger partial charge in [-0.25, -0.2) is 0 Å². The van der Waals surface area contributed by atoms with Crippen LogP contribution in [0.15, 0.2) is 91.0 Å². The SMILES string of the molecule is N#C[C@@H]1[C@@H](OCc2ccccc2)[C@H](OCc2ccccc2)CN1Cc1ccccc1. The second-order valence-corrected chi connectivity index (χ2v) is 7.59. The van der Waals surface area contributed by atoms with Crippen LogP contribution < -0.4 is 0 Å². The first-order chi connectivity index (χ1) is 14.8. The zero-order valence-electron chi connectivity index (χ0n) is 16.9. The molecule has 1 heterocycles. The number of rotatable bonds is 8. The Morgan fingerprint density at radius 3 is 1.77 bits per heavy atom. The Bertz CT molecular complexity index is 941. The highest BCUT2D eigenvalue weighted by molar-refractivity contribution is 5.18. The lowest BCUT2D eigenvalue weighted by Gasteiger charge is -2.23. The van der Waals surface area contributed by atoms with Gasteiger partial charge in [0.2, 0.25) is 0 Å². The molecule has 3 atom stereocenters. The minimum Gasteiger partial charge on any atom is -0.369 e. The smallest absolute Gasteiger partial charge is 0.127 e. The maximum Gasteiger partial charge on any atom is 0.127 e. The Balaban J connectivity index is 1.48. The van der Waals surface area contributed by atoms with E-state index in [9.17, 15) is 5.26 Å². The molecular weight excluding hydrogens is 372 g/mol. The first-order valence-electron chi connectivity index (χ1n) is 10.3. The van der Waals surface area contributed by atoms with E-state index in [0.29, 0.717) is 26.3 Å². The Hall–Kier alpha value is -2.97. The maximum absolute atomic E-state index is 9.96. The summed E-state index contributed by atoms with van der Waals surface area (Å²) in [5.41, 5.74) is 3.40. The summed E-state index contributed by atoms with van der Waals surface area (Å²) in [7, 11) is 0. The Labute approximate surface area is 178 Å². The molecule has 0 N–H and O–H groups in total. The number of nitrogens with zero attached hydrogens (tertiary/aromatic N) is 2. The van der Waals surface area contributed by atoms with Crippen molar-refractivity contribution in [3.8, 4) is 6.07 Å². The number of hydrogen-bond acceptors (Lipinski definition) is 4. The summed E-state index contributed by atoms with van der Waals surface area (Å²) < 4.78 is 12.5. The van der Waals surface area contributed by atoms with Crippen molar-refractivity contribution in [2.75, 3.05) is 6.54 Å². The predicted octanol–water partition coefficient (Wildman–Crippen LogP) is 4.57. The molecule has 0 bridgehead atoms. The third-order valence-corrected chi connectivity index (χ3v) is 5.44. The highest BCUT2D eigenvalue weighted by Crippen LogP contribution is 2.27. The zero-order chi connectivity index (χ0) is 20.6. The molecule has 1 aliphatic rings. The normalized spacial score (nSPS) is 21.4. The van der Waals surface area contributed by atoms with Gasteiger partial charge in [-0.15, -0.1) is 0 Å². The van der Waals surface area contributed by atoms with E-state index in [-0.39, 0.29) is 18.2 Å². The van der Waals surface area contributed by atoms with Gasteiger partial charge in [-0.05, 0) is 16.7 Å². The predicted molar refractivity (Wildman–Crippen MR) is 116 cm³/mol. The number of benzene rings is 3. The van der Waals surface area contributed by atoms with E-state index in [4.69, 9.17) is 9.47 Å². The number of nitriles is 1. The standard InChI is InChI=1S/C26H26N2O2/c27-16-24-26(30-20-23-14-8-3-9-15-23)25(29-19-22-12-6-2-7-13-22)18-28(24)17-21-10-4-1-5-11-21/h1-15,24-26H,17-20H2/t24-,25-,26-/m1/s1. The quantitative estimate of drug-likeness (QED) is 0.558. The van der Waals surface area contributed by atoms with Crippen molar-refractivity contribution < 1.29 is 9.47 Å². The lowest BCUT2D eigenvalue weighted by molar-refractivity contribution is -0.0653. The fraction of sp³-hybridized carbons (Fsp3) is 0.269. The summed E-state index contributed by atoms with van der Waals surface area (Å²) in [5.74, 6) is 0. The monoisotopic (exact) mass is 398 g/mol. The molecule has 1 aliphatic heterocycles. The van der Waals surface area contributed by atoms with Crippen LogP contribution in [0.1, 0.15) is 16.7 Å². The van der Waals surface area contributed by atoms with Crippen molar-refractivity contribution in [3.63, 3.8) is 0 Å². The first-order valence-corrected chi connectivity index (χ1v) is 10.3. The van der Waals surface area contributed by atoms with Crippen molar-refractivity contribution in [1.29, 1.82) is 5.26 Å². The fourth-order valence-corrected chi connectivity index (χ4v) is 3.89. The molecule has 3 aromatic rings. The average molecular weight is 399 g/mol. The van der Waals surface area contributed by atoms with E-state index in [2.05, 4.69) is 35.2 Å². The van der Waals surface area contributed by atoms with Gasteiger partial charge in [0.05, 0.1) is 25.4 Å². The van der Waals surface area contributed by atoms with Crippen molar-refractivity contribution in [3.05, 3.63) is 108 Å². The molecule has 4 nitrogen and oxygen atoms in total. The molecule has 0 amide bonds. The van der Waals surface area contributed by atoms with E-state index in [0.717, 1.165) is 11.1 Å². The van der Waals surface area contributed by atoms with Crippen LogP contribution in [-0.2, 0) is 29.2 Å². The number of likely N-dealkylation sites (tertiary alicyclic amines) is 1. The largest absolute Gasteiger partial charge is 0.369 e. The van der Waals surface area contributed by atoms with Gasteiger partial charge < -0.3 is 9.47 Å². The molecular formula is C26H26N2O2. The van der Waals surface area contributed by atoms with Crippen molar-refractivity contribution in [1.82, 2.24) is 4.90 Å². The van der Waals surface area contributed by atoms with Gasteiger partial charge >= 0.3 is 0 Å². The lowest BCUT2D eigenvalue weighted by Crippen LogP contribution is -2.37. The van der Waals surface area contributed by atoms with Gasteiger partial charge in [-0.3, -0.25) is 4.90 Å². The topological polar surface area (TPSA) is 45.5 Å². The average Bonchev–Trinajstić information content (AvgIpc) is 3.14. The molecule has 30 heavy (non-hydrogen) atoms. The van der Waals surface area contributed by atoms with Gasteiger partial charge in [-0.2, -0.15) is 5.26 Å². The Kier molecular flexibility index (Phi) is 6.89. The Morgan fingerprint density at radius 1 is 0.733 bits per heavy atom. The summed E-state index contributed by atoms with van der Waals surface area (Å²) in [5, 5.41) is 9.96. The summed E-state index contributed by atoms with van der Waals surface area (Å²) in [6.45, 7) is 2.34. The second kappa shape index (κ2) is 10.2. The minimum absolute atomic E-state index is 0.165. The molecule has 1 fully saturated rings. The third-order valence-electron chi connectivity index (χ3n) is 5.44. The molecule has 0 unspecified atom stereocenters. The van der Waals surface area contributed by atoms with Crippen molar-refractivity contribution in [2.24, 2.45) is 0 Å². The van der Waals surface area contributed by atoms with Crippen LogP contribution in [0.5, 0.6) is 0 Å². The molecule has 152 valence electrons. The van der Waals surface area contributed by atoms with Crippen LogP contribution in [0.25, 0.3) is 0 Å². The van der Waals surface area contributed by atoms with Gasteiger partial charge in [0.15, 0.2) is 0 Å². The molecule has 3 aromatic carbocycles. The minimum atomic E-state index is -0.352. The number of ether oxygens (including phenoxy) is 2. The highest BCUT2D eigenvalue weighted by atomic mass is 16.5. The summed E-state index contributed by atoms with van der Waals surface area (Å²) >= 11 is 0. The van der Waals surface area contributed by atoms with Gasteiger partial charge in [0.25, 0.3) is 0 Å². The highest BCUT2D eigenvalue weighted by Gasteiger charge is 2.43. The lowest BCUT2D eigenvalue weighted by atomic mass is 10.1. The molecule has 4 heteroatoms. The maximum atomic E-state index is 9.96. The van der Waals surface area contributed by atoms with Crippen LogP contribution in [-0.4, -0.2) is 29.7 Å². The van der Waals surface area contributed by atoms with E-state index < -0.39 is 0 Å². The van der Waals surface area contributed by atoms with Crippen molar-refractivity contribution >= 4 is 0 Å². The van der Waals surface area contributed by atoms with Crippen molar-refractivity contribution in [2.45, 2.75) is 38.0 Å². The van der Waals surface area contributed by atoms with Crippen LogP contribution in [0.3, 0.4) is 0 Å². The van der Waals surface area contributed by atoms with Crippen LogP contribution >= 0.6 is 0 Å². The van der Waals surface area contributed by atoms with E-state index >= 15 is 0 Å². The van der Waals surface area contributed by atoms with E-state index in [1.165, 1.54) is 5.56 Å². The summed E-state index contributed by atoms with van der Waals surface area (Å²) in [6.07, 6.45) is -0.468. The fourth-order valence-electron chi connectivity index (χ4n) is 3.89. The molecule has 4 rings (SSSR count). The third kappa shape index (κ3) is 5.14. The molecule has 0 radical (unpaired) electrons. The molecule has 0 saturated carbocycles. The first kappa shape index (κ1) is 20.3. The molecule has 0 spiro atoms. The van der Waals surface area contributed by atoms with Crippen LogP contribution in [0.2, 0.25) is 0 Å². The molecule has 0 aromatic heterocycles. The Morgan fingerprint density at radius 2 is 1.23 bits per heavy atom. The number of hydrogen-bond donors (Lipinski definition) is 0. The van der Waals surface area contributed by atoms with Crippen LogP contribution in [0.4, 0.5) is 0 Å². The molecule has 1 saturated heterocycles. The van der Waals surface area contributed by atoms with Crippen LogP contribution in [0, 0.1) is 11.3 Å².